The quantitative estimate of drug-likeness (QED) is 0.895. The monoisotopic (exact) mass is 272 g/mol. The van der Waals surface area contributed by atoms with Gasteiger partial charge in [0.15, 0.2) is 0 Å². The summed E-state index contributed by atoms with van der Waals surface area (Å²) >= 11 is 0. The van der Waals surface area contributed by atoms with E-state index in [9.17, 15) is 4.79 Å². The Kier molecular flexibility index (Phi) is 3.79. The van der Waals surface area contributed by atoms with Gasteiger partial charge in [0.25, 0.3) is 0 Å². The Bertz CT molecular complexity index is 467. The highest BCUT2D eigenvalue weighted by Crippen LogP contribution is 2.50. The summed E-state index contributed by atoms with van der Waals surface area (Å²) in [5.41, 5.74) is 6.62. The van der Waals surface area contributed by atoms with Crippen molar-refractivity contribution < 1.29 is 4.79 Å². The van der Waals surface area contributed by atoms with Crippen LogP contribution in [0.5, 0.6) is 0 Å². The molecule has 2 N–H and O–H groups in total. The molecule has 1 amide bonds. The molecule has 0 radical (unpaired) electrons. The van der Waals surface area contributed by atoms with Crippen LogP contribution < -0.4 is 5.73 Å². The number of benzene rings is 1. The molecule has 1 aromatic rings. The topological polar surface area (TPSA) is 46.3 Å². The summed E-state index contributed by atoms with van der Waals surface area (Å²) in [5, 5.41) is 0. The molecule has 2 aliphatic rings. The van der Waals surface area contributed by atoms with E-state index in [-0.39, 0.29) is 5.41 Å². The second-order valence-corrected chi connectivity index (χ2v) is 6.17. The standard InChI is InChI=1S/C17H24N2O/c18-12-4-8-15-9-5-13-19(15)16(20)17(10-11-17)14-6-2-1-3-7-14/h1-3,6-7,15H,4-5,8-13,18H2. The Morgan fingerprint density at radius 2 is 2.05 bits per heavy atom. The fraction of sp³-hybridized carbons (Fsp3) is 0.588. The number of hydrogen-bond acceptors (Lipinski definition) is 2. The van der Waals surface area contributed by atoms with Crippen LogP contribution in [0.4, 0.5) is 0 Å². The van der Waals surface area contributed by atoms with E-state index in [4.69, 9.17) is 5.73 Å². The third-order valence-corrected chi connectivity index (χ3v) is 4.87. The van der Waals surface area contributed by atoms with Gasteiger partial charge in [-0.3, -0.25) is 4.79 Å². The maximum Gasteiger partial charge on any atom is 0.233 e. The van der Waals surface area contributed by atoms with Gasteiger partial charge < -0.3 is 10.6 Å². The number of carbonyl (C=O) groups is 1. The third kappa shape index (κ3) is 2.35. The van der Waals surface area contributed by atoms with Crippen LogP contribution >= 0.6 is 0 Å². The predicted molar refractivity (Wildman–Crippen MR) is 80.4 cm³/mol. The minimum atomic E-state index is -0.202. The summed E-state index contributed by atoms with van der Waals surface area (Å²) in [7, 11) is 0. The van der Waals surface area contributed by atoms with Gasteiger partial charge >= 0.3 is 0 Å². The molecule has 0 spiro atoms. The van der Waals surface area contributed by atoms with E-state index in [1.807, 2.05) is 18.2 Å². The first kappa shape index (κ1) is 13.6. The van der Waals surface area contributed by atoms with Crippen LogP contribution in [0.25, 0.3) is 0 Å². The van der Waals surface area contributed by atoms with E-state index < -0.39 is 0 Å². The fourth-order valence-corrected chi connectivity index (χ4v) is 3.54. The van der Waals surface area contributed by atoms with Gasteiger partial charge in [-0.05, 0) is 50.6 Å². The summed E-state index contributed by atoms with van der Waals surface area (Å²) < 4.78 is 0. The lowest BCUT2D eigenvalue weighted by molar-refractivity contribution is -0.134. The fourth-order valence-electron chi connectivity index (χ4n) is 3.54. The van der Waals surface area contributed by atoms with Gasteiger partial charge in [-0.15, -0.1) is 0 Å². The minimum absolute atomic E-state index is 0.202. The molecule has 20 heavy (non-hydrogen) atoms. The van der Waals surface area contributed by atoms with E-state index in [0.717, 1.165) is 51.6 Å². The predicted octanol–water partition coefficient (Wildman–Crippen LogP) is 2.45. The molecule has 1 aliphatic heterocycles. The lowest BCUT2D eigenvalue weighted by Gasteiger charge is -2.29. The zero-order valence-electron chi connectivity index (χ0n) is 12.1. The average molecular weight is 272 g/mol. The van der Waals surface area contributed by atoms with Gasteiger partial charge in [0, 0.05) is 12.6 Å². The van der Waals surface area contributed by atoms with Gasteiger partial charge in [0.2, 0.25) is 5.91 Å². The van der Waals surface area contributed by atoms with Gasteiger partial charge in [-0.1, -0.05) is 30.3 Å². The van der Waals surface area contributed by atoms with E-state index >= 15 is 0 Å². The molecule has 3 nitrogen and oxygen atoms in total. The summed E-state index contributed by atoms with van der Waals surface area (Å²) in [6.07, 6.45) is 6.40. The van der Waals surface area contributed by atoms with Gasteiger partial charge in [-0.25, -0.2) is 0 Å². The molecular weight excluding hydrogens is 248 g/mol. The number of hydrogen-bond donors (Lipinski definition) is 1. The van der Waals surface area contributed by atoms with Crippen molar-refractivity contribution in [1.82, 2.24) is 4.90 Å². The zero-order valence-corrected chi connectivity index (χ0v) is 12.1. The highest BCUT2D eigenvalue weighted by atomic mass is 16.2. The molecule has 1 aliphatic carbocycles. The summed E-state index contributed by atoms with van der Waals surface area (Å²) in [6.45, 7) is 1.66. The Morgan fingerprint density at radius 1 is 1.30 bits per heavy atom. The average Bonchev–Trinajstić information content (AvgIpc) is 3.18. The number of rotatable bonds is 5. The Labute approximate surface area is 121 Å². The Morgan fingerprint density at radius 3 is 2.70 bits per heavy atom. The number of nitrogens with zero attached hydrogens (tertiary/aromatic N) is 1. The van der Waals surface area contributed by atoms with E-state index in [1.165, 1.54) is 5.56 Å². The molecular formula is C17H24N2O. The van der Waals surface area contributed by atoms with Gasteiger partial charge in [-0.2, -0.15) is 0 Å². The van der Waals surface area contributed by atoms with E-state index in [1.54, 1.807) is 0 Å². The number of nitrogens with two attached hydrogens (primary N) is 1. The molecule has 1 saturated carbocycles. The molecule has 1 aromatic carbocycles. The largest absolute Gasteiger partial charge is 0.339 e. The zero-order chi connectivity index (χ0) is 14.0. The molecule has 1 atom stereocenters. The smallest absolute Gasteiger partial charge is 0.233 e. The van der Waals surface area contributed by atoms with Gasteiger partial charge in [0.1, 0.15) is 0 Å². The summed E-state index contributed by atoms with van der Waals surface area (Å²) in [4.78, 5) is 15.1. The molecule has 108 valence electrons. The van der Waals surface area contributed by atoms with Crippen LogP contribution in [0, 0.1) is 0 Å². The first-order chi connectivity index (χ1) is 9.78. The Balaban J connectivity index is 1.75. The normalized spacial score (nSPS) is 23.9. The maximum absolute atomic E-state index is 13.0. The molecule has 3 rings (SSSR count). The van der Waals surface area contributed by atoms with Crippen molar-refractivity contribution in [2.24, 2.45) is 5.73 Å². The van der Waals surface area contributed by atoms with Gasteiger partial charge in [0.05, 0.1) is 5.41 Å². The van der Waals surface area contributed by atoms with Crippen LogP contribution in [-0.4, -0.2) is 29.9 Å². The molecule has 1 heterocycles. The van der Waals surface area contributed by atoms with Crippen molar-refractivity contribution in [1.29, 1.82) is 0 Å². The second-order valence-electron chi connectivity index (χ2n) is 6.17. The molecule has 1 saturated heterocycles. The maximum atomic E-state index is 13.0. The van der Waals surface area contributed by atoms with Crippen LogP contribution in [0.3, 0.4) is 0 Å². The molecule has 3 heteroatoms. The highest BCUT2D eigenvalue weighted by Gasteiger charge is 2.54. The lowest BCUT2D eigenvalue weighted by atomic mass is 9.93. The highest BCUT2D eigenvalue weighted by molar-refractivity contribution is 5.91. The van der Waals surface area contributed by atoms with Crippen molar-refractivity contribution in [3.05, 3.63) is 35.9 Å². The van der Waals surface area contributed by atoms with Crippen LogP contribution in [0.15, 0.2) is 30.3 Å². The summed E-state index contributed by atoms with van der Waals surface area (Å²) in [6, 6.07) is 10.7. The van der Waals surface area contributed by atoms with Crippen LogP contribution in [0.1, 0.15) is 44.1 Å². The molecule has 0 bridgehead atoms. The van der Waals surface area contributed by atoms with Crippen molar-refractivity contribution in [3.8, 4) is 0 Å². The van der Waals surface area contributed by atoms with Crippen molar-refractivity contribution in [2.75, 3.05) is 13.1 Å². The van der Waals surface area contributed by atoms with Crippen LogP contribution in [-0.2, 0) is 10.2 Å². The number of amides is 1. The van der Waals surface area contributed by atoms with Crippen molar-refractivity contribution in [2.45, 2.75) is 50.0 Å². The summed E-state index contributed by atoms with van der Waals surface area (Å²) in [5.74, 6) is 0.364. The van der Waals surface area contributed by atoms with E-state index in [2.05, 4.69) is 17.0 Å². The molecule has 1 unspecified atom stereocenters. The first-order valence-electron chi connectivity index (χ1n) is 7.84. The van der Waals surface area contributed by atoms with Crippen molar-refractivity contribution in [3.63, 3.8) is 0 Å². The Hall–Kier alpha value is -1.35. The van der Waals surface area contributed by atoms with Crippen molar-refractivity contribution >= 4 is 5.91 Å². The number of carbonyl (C=O) groups excluding carboxylic acids is 1. The first-order valence-corrected chi connectivity index (χ1v) is 7.84. The SMILES string of the molecule is NCCCC1CCCN1C(=O)C1(c2ccccc2)CC1. The number of likely N-dealkylation sites (tertiary alicyclic amines) is 1. The molecule has 2 fully saturated rings. The van der Waals surface area contributed by atoms with E-state index in [0.29, 0.717) is 11.9 Å². The second kappa shape index (κ2) is 5.57. The molecule has 0 aromatic heterocycles. The lowest BCUT2D eigenvalue weighted by Crippen LogP contribution is -2.42. The third-order valence-electron chi connectivity index (χ3n) is 4.87. The minimum Gasteiger partial charge on any atom is -0.339 e. The van der Waals surface area contributed by atoms with Crippen LogP contribution in [0.2, 0.25) is 0 Å².